The minimum atomic E-state index is -0.216. The first-order chi connectivity index (χ1) is 5.78. The van der Waals surface area contributed by atoms with E-state index < -0.39 is 0 Å². The van der Waals surface area contributed by atoms with Crippen molar-refractivity contribution < 1.29 is 4.39 Å². The second kappa shape index (κ2) is 2.70. The van der Waals surface area contributed by atoms with Gasteiger partial charge in [-0.25, -0.2) is 0 Å². The number of rotatable bonds is 1. The van der Waals surface area contributed by atoms with E-state index in [1.807, 2.05) is 18.2 Å². The summed E-state index contributed by atoms with van der Waals surface area (Å²) in [5.74, 6) is 0. The van der Waals surface area contributed by atoms with Crippen LogP contribution in [0.5, 0.6) is 0 Å². The third-order valence-electron chi connectivity index (χ3n) is 2.93. The molecule has 0 spiro atoms. The zero-order valence-corrected chi connectivity index (χ0v) is 7.33. The fourth-order valence-electron chi connectivity index (χ4n) is 1.94. The Morgan fingerprint density at radius 3 is 3.17 bits per heavy atom. The number of likely N-dealkylation sites (N-methyl/N-ethyl adjacent to an activating group) is 1. The predicted octanol–water partition coefficient (Wildman–Crippen LogP) is 1.77. The van der Waals surface area contributed by atoms with Gasteiger partial charge in [0.05, 0.1) is 0 Å². The molecular formula is C10H14FN. The molecule has 1 aliphatic heterocycles. The number of halogens is 1. The lowest BCUT2D eigenvalue weighted by molar-refractivity contribution is 0.285. The lowest BCUT2D eigenvalue weighted by atomic mass is 10.1. The summed E-state index contributed by atoms with van der Waals surface area (Å²) < 4.78 is 12.7. The number of nitrogens with zero attached hydrogens (tertiary/aromatic N) is 1. The fourth-order valence-corrected chi connectivity index (χ4v) is 1.94. The fraction of sp³-hybridized carbons (Fsp3) is 0.600. The third-order valence-corrected chi connectivity index (χ3v) is 2.93. The SMILES string of the molecule is CN1CC=CC=CC2(CF)CC12. The zero-order chi connectivity index (χ0) is 8.60. The molecule has 2 rings (SSSR count). The van der Waals surface area contributed by atoms with Crippen molar-refractivity contribution in [3.63, 3.8) is 0 Å². The molecule has 0 saturated heterocycles. The van der Waals surface area contributed by atoms with Crippen molar-refractivity contribution >= 4 is 0 Å². The molecule has 1 heterocycles. The summed E-state index contributed by atoms with van der Waals surface area (Å²) in [5.41, 5.74) is -0.139. The molecule has 1 saturated carbocycles. The summed E-state index contributed by atoms with van der Waals surface area (Å²) in [6.45, 7) is 0.725. The number of hydrogen-bond acceptors (Lipinski definition) is 1. The van der Waals surface area contributed by atoms with E-state index >= 15 is 0 Å². The Morgan fingerprint density at radius 2 is 2.42 bits per heavy atom. The highest BCUT2D eigenvalue weighted by molar-refractivity contribution is 5.24. The topological polar surface area (TPSA) is 3.24 Å². The van der Waals surface area contributed by atoms with E-state index in [0.717, 1.165) is 13.0 Å². The summed E-state index contributed by atoms with van der Waals surface area (Å²) in [6.07, 6.45) is 9.09. The Bertz CT molecular complexity index is 234. The van der Waals surface area contributed by atoms with Gasteiger partial charge in [-0.05, 0) is 13.5 Å². The lowest BCUT2D eigenvalue weighted by Gasteiger charge is -2.18. The average molecular weight is 167 g/mol. The Hall–Kier alpha value is -0.630. The van der Waals surface area contributed by atoms with E-state index in [-0.39, 0.29) is 12.1 Å². The summed E-state index contributed by atoms with van der Waals surface area (Å²) in [5, 5.41) is 0. The van der Waals surface area contributed by atoms with Crippen molar-refractivity contribution in [3.05, 3.63) is 24.3 Å². The molecule has 1 nitrogen and oxygen atoms in total. The quantitative estimate of drug-likeness (QED) is 0.575. The first kappa shape index (κ1) is 7.99. The molecule has 1 fully saturated rings. The predicted molar refractivity (Wildman–Crippen MR) is 47.7 cm³/mol. The van der Waals surface area contributed by atoms with Crippen LogP contribution in [0, 0.1) is 5.41 Å². The van der Waals surface area contributed by atoms with E-state index in [9.17, 15) is 4.39 Å². The maximum Gasteiger partial charge on any atom is 0.100 e. The van der Waals surface area contributed by atoms with Gasteiger partial charge in [-0.3, -0.25) is 9.29 Å². The van der Waals surface area contributed by atoms with E-state index in [1.54, 1.807) is 0 Å². The summed E-state index contributed by atoms with van der Waals surface area (Å²) >= 11 is 0. The van der Waals surface area contributed by atoms with Crippen molar-refractivity contribution in [1.29, 1.82) is 0 Å². The Kier molecular flexibility index (Phi) is 1.80. The molecule has 66 valence electrons. The van der Waals surface area contributed by atoms with Crippen LogP contribution in [0.2, 0.25) is 0 Å². The molecule has 0 aromatic rings. The summed E-state index contributed by atoms with van der Waals surface area (Å²) in [6, 6.07) is 0.434. The highest BCUT2D eigenvalue weighted by atomic mass is 19.1. The van der Waals surface area contributed by atoms with E-state index in [2.05, 4.69) is 18.0 Å². The van der Waals surface area contributed by atoms with Crippen molar-refractivity contribution in [2.75, 3.05) is 20.3 Å². The molecule has 12 heavy (non-hydrogen) atoms. The van der Waals surface area contributed by atoms with Crippen LogP contribution in [-0.2, 0) is 0 Å². The maximum atomic E-state index is 12.7. The van der Waals surface area contributed by atoms with Gasteiger partial charge in [-0.2, -0.15) is 0 Å². The van der Waals surface area contributed by atoms with Gasteiger partial charge in [-0.15, -0.1) is 0 Å². The Morgan fingerprint density at radius 1 is 1.58 bits per heavy atom. The highest BCUT2D eigenvalue weighted by Crippen LogP contribution is 2.51. The first-order valence-corrected chi connectivity index (χ1v) is 4.39. The highest BCUT2D eigenvalue weighted by Gasteiger charge is 2.54. The monoisotopic (exact) mass is 167 g/mol. The smallest absolute Gasteiger partial charge is 0.100 e. The molecular weight excluding hydrogens is 153 g/mol. The van der Waals surface area contributed by atoms with Crippen LogP contribution in [-0.4, -0.2) is 31.2 Å². The summed E-state index contributed by atoms with van der Waals surface area (Å²) in [7, 11) is 2.06. The largest absolute Gasteiger partial charge is 0.299 e. The van der Waals surface area contributed by atoms with Gasteiger partial charge in [0.25, 0.3) is 0 Å². The standard InChI is InChI=1S/C10H14FN/c1-12-6-4-2-3-5-10(8-11)7-9(10)12/h2-5,9H,6-8H2,1H3. The lowest BCUT2D eigenvalue weighted by Crippen LogP contribution is -2.27. The zero-order valence-electron chi connectivity index (χ0n) is 7.33. The molecule has 2 unspecified atom stereocenters. The van der Waals surface area contributed by atoms with Gasteiger partial charge >= 0.3 is 0 Å². The van der Waals surface area contributed by atoms with E-state index in [0.29, 0.717) is 6.04 Å². The molecule has 0 bridgehead atoms. The number of hydrogen-bond donors (Lipinski definition) is 0. The molecule has 1 aliphatic carbocycles. The number of allylic oxidation sites excluding steroid dienone is 2. The van der Waals surface area contributed by atoms with Crippen LogP contribution in [0.25, 0.3) is 0 Å². The molecule has 0 amide bonds. The number of fused-ring (bicyclic) bond motifs is 1. The van der Waals surface area contributed by atoms with Crippen LogP contribution in [0.15, 0.2) is 24.3 Å². The van der Waals surface area contributed by atoms with Gasteiger partial charge in [0.15, 0.2) is 0 Å². The van der Waals surface area contributed by atoms with Crippen LogP contribution >= 0.6 is 0 Å². The van der Waals surface area contributed by atoms with E-state index in [4.69, 9.17) is 0 Å². The molecule has 0 radical (unpaired) electrons. The maximum absolute atomic E-state index is 12.7. The molecule has 2 aliphatic rings. The first-order valence-electron chi connectivity index (χ1n) is 4.39. The summed E-state index contributed by atoms with van der Waals surface area (Å²) in [4.78, 5) is 2.22. The molecule has 0 aromatic carbocycles. The van der Waals surface area contributed by atoms with Gasteiger partial charge in [0.1, 0.15) is 6.67 Å². The normalized spacial score (nSPS) is 40.3. The second-order valence-electron chi connectivity index (χ2n) is 3.81. The Balaban J connectivity index is 2.18. The van der Waals surface area contributed by atoms with Crippen LogP contribution < -0.4 is 0 Å². The van der Waals surface area contributed by atoms with Crippen molar-refractivity contribution in [2.24, 2.45) is 5.41 Å². The van der Waals surface area contributed by atoms with Gasteiger partial charge in [0, 0.05) is 18.0 Å². The van der Waals surface area contributed by atoms with Crippen molar-refractivity contribution in [1.82, 2.24) is 4.90 Å². The number of alkyl halides is 1. The molecule has 2 atom stereocenters. The third kappa shape index (κ3) is 1.11. The Labute approximate surface area is 72.6 Å². The minimum absolute atomic E-state index is 0.139. The van der Waals surface area contributed by atoms with Crippen LogP contribution in [0.4, 0.5) is 4.39 Å². The van der Waals surface area contributed by atoms with Gasteiger partial charge < -0.3 is 0 Å². The van der Waals surface area contributed by atoms with Gasteiger partial charge in [0.2, 0.25) is 0 Å². The molecule has 0 aromatic heterocycles. The van der Waals surface area contributed by atoms with Crippen molar-refractivity contribution in [3.8, 4) is 0 Å². The molecule has 0 N–H and O–H groups in total. The van der Waals surface area contributed by atoms with Crippen LogP contribution in [0.1, 0.15) is 6.42 Å². The molecule has 2 heteroatoms. The van der Waals surface area contributed by atoms with Gasteiger partial charge in [-0.1, -0.05) is 24.3 Å². The second-order valence-corrected chi connectivity index (χ2v) is 3.81. The van der Waals surface area contributed by atoms with Crippen LogP contribution in [0.3, 0.4) is 0 Å². The van der Waals surface area contributed by atoms with E-state index in [1.165, 1.54) is 0 Å². The minimum Gasteiger partial charge on any atom is -0.299 e. The van der Waals surface area contributed by atoms with Crippen molar-refractivity contribution in [2.45, 2.75) is 12.5 Å². The average Bonchev–Trinajstić information content (AvgIpc) is 2.76.